The van der Waals surface area contributed by atoms with E-state index < -0.39 is 6.09 Å². The molecule has 0 saturated heterocycles. The van der Waals surface area contributed by atoms with E-state index in [1.165, 1.54) is 4.57 Å². The summed E-state index contributed by atoms with van der Waals surface area (Å²) in [5.41, 5.74) is 1.52. The van der Waals surface area contributed by atoms with E-state index in [2.05, 4.69) is 0 Å². The van der Waals surface area contributed by atoms with Gasteiger partial charge in [0, 0.05) is 16.6 Å². The van der Waals surface area contributed by atoms with Crippen LogP contribution >= 0.6 is 23.2 Å². The lowest BCUT2D eigenvalue weighted by Crippen LogP contribution is -2.12. The Balaban J connectivity index is 1.85. The maximum atomic E-state index is 12.2. The molecule has 0 atom stereocenters. The van der Waals surface area contributed by atoms with Gasteiger partial charge in [-0.05, 0) is 23.8 Å². The van der Waals surface area contributed by atoms with Crippen LogP contribution in [0.1, 0.15) is 5.56 Å². The summed E-state index contributed by atoms with van der Waals surface area (Å²) in [4.78, 5) is 12.2. The highest BCUT2D eigenvalue weighted by Gasteiger charge is 2.13. The molecular weight excluding hydrogens is 309 g/mol. The van der Waals surface area contributed by atoms with Crippen LogP contribution in [0.5, 0.6) is 0 Å². The van der Waals surface area contributed by atoms with E-state index in [1.54, 1.807) is 24.4 Å². The van der Waals surface area contributed by atoms with Crippen LogP contribution < -0.4 is 0 Å². The Bertz CT molecular complexity index is 797. The summed E-state index contributed by atoms with van der Waals surface area (Å²) in [7, 11) is 0. The number of halogens is 2. The number of aromatic nitrogens is 1. The maximum absolute atomic E-state index is 12.2. The largest absolute Gasteiger partial charge is 0.444 e. The molecule has 2 aromatic carbocycles. The fraction of sp³-hybridized carbons (Fsp3) is 0.0625. The minimum atomic E-state index is -0.474. The molecule has 0 saturated carbocycles. The van der Waals surface area contributed by atoms with Gasteiger partial charge in [-0.2, -0.15) is 0 Å². The van der Waals surface area contributed by atoms with Crippen molar-refractivity contribution in [3.8, 4) is 0 Å². The van der Waals surface area contributed by atoms with E-state index in [0.29, 0.717) is 15.6 Å². The van der Waals surface area contributed by atoms with Crippen LogP contribution in [0, 0.1) is 0 Å². The Hall–Kier alpha value is -1.97. The van der Waals surface area contributed by atoms with Crippen molar-refractivity contribution in [2.45, 2.75) is 6.61 Å². The van der Waals surface area contributed by atoms with Crippen molar-refractivity contribution in [1.82, 2.24) is 4.57 Å². The van der Waals surface area contributed by atoms with E-state index >= 15 is 0 Å². The first-order chi connectivity index (χ1) is 10.1. The second-order valence-corrected chi connectivity index (χ2v) is 5.40. The number of rotatable bonds is 2. The van der Waals surface area contributed by atoms with Crippen LogP contribution in [0.2, 0.25) is 10.0 Å². The zero-order chi connectivity index (χ0) is 14.8. The lowest BCUT2D eigenvalue weighted by Gasteiger charge is -2.07. The number of carbonyl (C=O) groups is 1. The van der Waals surface area contributed by atoms with Gasteiger partial charge in [0.15, 0.2) is 0 Å². The van der Waals surface area contributed by atoms with Crippen molar-refractivity contribution in [1.29, 1.82) is 0 Å². The summed E-state index contributed by atoms with van der Waals surface area (Å²) >= 11 is 12.1. The molecule has 0 N–H and O–H groups in total. The number of benzene rings is 2. The van der Waals surface area contributed by atoms with Crippen LogP contribution in [0.25, 0.3) is 10.9 Å². The number of hydrogen-bond acceptors (Lipinski definition) is 2. The van der Waals surface area contributed by atoms with Crippen molar-refractivity contribution in [2.75, 3.05) is 0 Å². The van der Waals surface area contributed by atoms with Crippen LogP contribution in [-0.4, -0.2) is 10.7 Å². The van der Waals surface area contributed by atoms with Crippen LogP contribution in [-0.2, 0) is 11.3 Å². The van der Waals surface area contributed by atoms with Crippen molar-refractivity contribution in [3.05, 3.63) is 70.3 Å². The number of hydrogen-bond donors (Lipinski definition) is 0. The van der Waals surface area contributed by atoms with Crippen LogP contribution in [0.15, 0.2) is 54.7 Å². The fourth-order valence-electron chi connectivity index (χ4n) is 2.14. The maximum Gasteiger partial charge on any atom is 0.418 e. The Morgan fingerprint density at radius 1 is 1.10 bits per heavy atom. The Morgan fingerprint density at radius 3 is 2.62 bits per heavy atom. The average Bonchev–Trinajstić information content (AvgIpc) is 2.90. The van der Waals surface area contributed by atoms with Gasteiger partial charge < -0.3 is 4.74 Å². The molecule has 0 aliphatic carbocycles. The van der Waals surface area contributed by atoms with Gasteiger partial charge in [0.2, 0.25) is 0 Å². The Morgan fingerprint density at radius 2 is 1.86 bits per heavy atom. The first-order valence-electron chi connectivity index (χ1n) is 6.32. The number of carbonyl (C=O) groups excluding carboxylic acids is 1. The van der Waals surface area contributed by atoms with Crippen molar-refractivity contribution >= 4 is 40.2 Å². The third kappa shape index (κ3) is 2.89. The summed E-state index contributed by atoms with van der Waals surface area (Å²) in [6.07, 6.45) is 1.15. The second kappa shape index (κ2) is 5.80. The number of nitrogens with zero attached hydrogens (tertiary/aromatic N) is 1. The van der Waals surface area contributed by atoms with Gasteiger partial charge in [0.05, 0.1) is 10.5 Å². The lowest BCUT2D eigenvalue weighted by molar-refractivity contribution is 0.142. The normalized spacial score (nSPS) is 10.8. The fourth-order valence-corrected chi connectivity index (χ4v) is 2.74. The van der Waals surface area contributed by atoms with Crippen molar-refractivity contribution in [2.24, 2.45) is 0 Å². The molecule has 5 heteroatoms. The van der Waals surface area contributed by atoms with Gasteiger partial charge >= 0.3 is 6.09 Å². The van der Waals surface area contributed by atoms with E-state index in [-0.39, 0.29) is 6.61 Å². The van der Waals surface area contributed by atoms with Crippen LogP contribution in [0.4, 0.5) is 4.79 Å². The topological polar surface area (TPSA) is 31.2 Å². The molecule has 3 aromatic rings. The van der Waals surface area contributed by atoms with Crippen LogP contribution in [0.3, 0.4) is 0 Å². The summed E-state index contributed by atoms with van der Waals surface area (Å²) in [5, 5.41) is 1.74. The monoisotopic (exact) mass is 319 g/mol. The summed E-state index contributed by atoms with van der Waals surface area (Å²) in [6.45, 7) is 0.213. The van der Waals surface area contributed by atoms with Gasteiger partial charge in [0.1, 0.15) is 6.61 Å². The lowest BCUT2D eigenvalue weighted by atomic mass is 10.2. The zero-order valence-electron chi connectivity index (χ0n) is 10.9. The molecule has 0 spiro atoms. The molecule has 0 amide bonds. The van der Waals surface area contributed by atoms with Crippen molar-refractivity contribution in [3.63, 3.8) is 0 Å². The molecule has 0 unspecified atom stereocenters. The Labute approximate surface area is 131 Å². The predicted octanol–water partition coefficient (Wildman–Crippen LogP) is 5.13. The first kappa shape index (κ1) is 14.0. The average molecular weight is 320 g/mol. The van der Waals surface area contributed by atoms with E-state index in [9.17, 15) is 4.79 Å². The van der Waals surface area contributed by atoms with Gasteiger partial charge in [-0.25, -0.2) is 4.79 Å². The molecule has 21 heavy (non-hydrogen) atoms. The summed E-state index contributed by atoms with van der Waals surface area (Å²) < 4.78 is 6.68. The molecule has 106 valence electrons. The molecule has 1 heterocycles. The second-order valence-electron chi connectivity index (χ2n) is 4.55. The molecule has 0 bridgehead atoms. The SMILES string of the molecule is O=C(OCc1ccccc1)n1ccc2cc(Cl)cc(Cl)c21. The molecule has 0 fully saturated rings. The highest BCUT2D eigenvalue weighted by molar-refractivity contribution is 6.38. The quantitative estimate of drug-likeness (QED) is 0.655. The van der Waals surface area contributed by atoms with Gasteiger partial charge in [-0.1, -0.05) is 53.5 Å². The molecule has 3 rings (SSSR count). The molecule has 0 radical (unpaired) electrons. The predicted molar refractivity (Wildman–Crippen MR) is 84.0 cm³/mol. The Kier molecular flexibility index (Phi) is 3.86. The molecule has 1 aromatic heterocycles. The smallest absolute Gasteiger partial charge is 0.418 e. The van der Waals surface area contributed by atoms with Gasteiger partial charge in [0.25, 0.3) is 0 Å². The highest BCUT2D eigenvalue weighted by Crippen LogP contribution is 2.29. The van der Waals surface area contributed by atoms with E-state index in [1.807, 2.05) is 30.3 Å². The first-order valence-corrected chi connectivity index (χ1v) is 7.08. The van der Waals surface area contributed by atoms with E-state index in [0.717, 1.165) is 10.9 Å². The zero-order valence-corrected chi connectivity index (χ0v) is 12.4. The van der Waals surface area contributed by atoms with Crippen molar-refractivity contribution < 1.29 is 9.53 Å². The molecule has 3 nitrogen and oxygen atoms in total. The number of ether oxygens (including phenoxy) is 1. The highest BCUT2D eigenvalue weighted by atomic mass is 35.5. The molecule has 0 aliphatic rings. The van der Waals surface area contributed by atoms with E-state index in [4.69, 9.17) is 27.9 Å². The minimum Gasteiger partial charge on any atom is -0.444 e. The minimum absolute atomic E-state index is 0.213. The molecular formula is C16H11Cl2NO2. The number of fused-ring (bicyclic) bond motifs is 1. The van der Waals surface area contributed by atoms with Gasteiger partial charge in [-0.15, -0.1) is 0 Å². The van der Waals surface area contributed by atoms with Gasteiger partial charge in [-0.3, -0.25) is 4.57 Å². The third-order valence-corrected chi connectivity index (χ3v) is 3.61. The summed E-state index contributed by atoms with van der Waals surface area (Å²) in [6, 6.07) is 14.6. The third-order valence-electron chi connectivity index (χ3n) is 3.10. The summed E-state index contributed by atoms with van der Waals surface area (Å²) in [5.74, 6) is 0. The molecule has 0 aliphatic heterocycles. The standard InChI is InChI=1S/C16H11Cl2NO2/c17-13-8-12-6-7-19(15(12)14(18)9-13)16(20)21-10-11-4-2-1-3-5-11/h1-9H,10H2.